The molecule has 2 aliphatic carbocycles. The third kappa shape index (κ3) is 6.41. The molecular formula is C74H48N2. The van der Waals surface area contributed by atoms with Crippen molar-refractivity contribution in [2.24, 2.45) is 0 Å². The van der Waals surface area contributed by atoms with E-state index >= 15 is 0 Å². The Balaban J connectivity index is 1.02. The number of hydrogen-bond acceptors (Lipinski definition) is 2. The van der Waals surface area contributed by atoms with Crippen molar-refractivity contribution in [2.45, 2.75) is 10.8 Å². The monoisotopic (exact) mass is 964 g/mol. The van der Waals surface area contributed by atoms with E-state index in [1.165, 1.54) is 111 Å². The summed E-state index contributed by atoms with van der Waals surface area (Å²) in [5.74, 6) is 0. The van der Waals surface area contributed by atoms with Crippen LogP contribution in [0.25, 0.3) is 88.4 Å². The van der Waals surface area contributed by atoms with E-state index < -0.39 is 10.8 Å². The molecule has 0 fully saturated rings. The fourth-order valence-electron chi connectivity index (χ4n) is 13.4. The van der Waals surface area contributed by atoms with Gasteiger partial charge in [-0.3, -0.25) is 9.97 Å². The highest BCUT2D eigenvalue weighted by Crippen LogP contribution is 2.59. The lowest BCUT2D eigenvalue weighted by molar-refractivity contribution is 0.769. The quantitative estimate of drug-likeness (QED) is 0.142. The standard InChI is InChI=1S/C74H48N2/c1-5-21-54(22-6-1)73(55-23-7-2-8-24-55)66-33-17-15-29-58(66)60-39-36-50(45-68(60)73)71-62-31-13-14-32-63(62)72(65-44-49(35-41-64(65)71)70-42-38-53(48-76-70)52-20-19-43-75-47-52)51-37-40-61-59-30-16-18-34-67(59)74(69(61)46-51,56-25-9-3-10-26-56)57-27-11-4-12-28-57/h1-48H. The van der Waals surface area contributed by atoms with Crippen LogP contribution in [-0.4, -0.2) is 9.97 Å². The van der Waals surface area contributed by atoms with E-state index in [1.54, 1.807) is 0 Å². The summed E-state index contributed by atoms with van der Waals surface area (Å²) in [6.07, 6.45) is 5.68. The van der Waals surface area contributed by atoms with Crippen molar-refractivity contribution in [1.29, 1.82) is 0 Å². The molecule has 2 heterocycles. The molecule has 0 radical (unpaired) electrons. The van der Waals surface area contributed by atoms with Crippen molar-refractivity contribution in [3.63, 3.8) is 0 Å². The fraction of sp³-hybridized carbons (Fsp3) is 0.0270. The summed E-state index contributed by atoms with van der Waals surface area (Å²) in [5, 5.41) is 4.76. The second-order valence-corrected chi connectivity index (χ2v) is 20.3. The zero-order valence-corrected chi connectivity index (χ0v) is 41.6. The Kier molecular flexibility index (Phi) is 10.0. The summed E-state index contributed by atoms with van der Waals surface area (Å²) >= 11 is 0. The summed E-state index contributed by atoms with van der Waals surface area (Å²) in [6.45, 7) is 0. The maximum atomic E-state index is 5.14. The molecule has 13 aromatic rings. The first-order valence-corrected chi connectivity index (χ1v) is 26.3. The summed E-state index contributed by atoms with van der Waals surface area (Å²) in [4.78, 5) is 9.53. The minimum absolute atomic E-state index is 0.539. The van der Waals surface area contributed by atoms with Crippen molar-refractivity contribution in [1.82, 2.24) is 9.97 Å². The van der Waals surface area contributed by atoms with Crippen molar-refractivity contribution < 1.29 is 0 Å². The Bertz CT molecular complexity index is 4280. The summed E-state index contributed by atoms with van der Waals surface area (Å²) < 4.78 is 0. The first-order chi connectivity index (χ1) is 37.7. The van der Waals surface area contributed by atoms with Gasteiger partial charge in [-0.2, -0.15) is 0 Å². The van der Waals surface area contributed by atoms with E-state index in [-0.39, 0.29) is 0 Å². The topological polar surface area (TPSA) is 25.8 Å². The smallest absolute Gasteiger partial charge is 0.0713 e. The molecule has 0 saturated heterocycles. The van der Waals surface area contributed by atoms with Crippen molar-refractivity contribution in [3.05, 3.63) is 336 Å². The number of benzene rings is 11. The van der Waals surface area contributed by atoms with E-state index in [0.29, 0.717) is 0 Å². The van der Waals surface area contributed by atoms with E-state index in [4.69, 9.17) is 4.98 Å². The van der Waals surface area contributed by atoms with E-state index in [2.05, 4.69) is 272 Å². The fourth-order valence-corrected chi connectivity index (χ4v) is 13.4. The first kappa shape index (κ1) is 43.8. The van der Waals surface area contributed by atoms with Crippen LogP contribution in [0.3, 0.4) is 0 Å². The highest BCUT2D eigenvalue weighted by atomic mass is 14.7. The van der Waals surface area contributed by atoms with Crippen molar-refractivity contribution in [3.8, 4) is 66.9 Å². The Morgan fingerprint density at radius 1 is 0.250 bits per heavy atom. The van der Waals surface area contributed by atoms with Gasteiger partial charge in [0.25, 0.3) is 0 Å². The maximum Gasteiger partial charge on any atom is 0.0713 e. The lowest BCUT2D eigenvalue weighted by Crippen LogP contribution is -2.28. The number of fused-ring (bicyclic) bond motifs is 8. The van der Waals surface area contributed by atoms with Gasteiger partial charge < -0.3 is 0 Å². The molecule has 0 spiro atoms. The molecular weight excluding hydrogens is 917 g/mol. The van der Waals surface area contributed by atoms with Crippen LogP contribution in [0.5, 0.6) is 0 Å². The number of aromatic nitrogens is 2. The Morgan fingerprint density at radius 3 is 1.13 bits per heavy atom. The largest absolute Gasteiger partial charge is 0.264 e. The highest BCUT2D eigenvalue weighted by molar-refractivity contribution is 6.22. The zero-order valence-electron chi connectivity index (χ0n) is 41.6. The first-order valence-electron chi connectivity index (χ1n) is 26.3. The molecule has 0 N–H and O–H groups in total. The molecule has 2 aliphatic rings. The third-order valence-corrected chi connectivity index (χ3v) is 16.6. The molecule has 2 aromatic heterocycles. The van der Waals surface area contributed by atoms with Crippen LogP contribution in [0.4, 0.5) is 0 Å². The van der Waals surface area contributed by atoms with Crippen molar-refractivity contribution in [2.75, 3.05) is 0 Å². The van der Waals surface area contributed by atoms with Gasteiger partial charge >= 0.3 is 0 Å². The molecule has 11 aromatic carbocycles. The number of pyridine rings is 2. The molecule has 2 heteroatoms. The third-order valence-electron chi connectivity index (χ3n) is 16.6. The van der Waals surface area contributed by atoms with Gasteiger partial charge in [0.2, 0.25) is 0 Å². The van der Waals surface area contributed by atoms with Crippen LogP contribution < -0.4 is 0 Å². The van der Waals surface area contributed by atoms with Crippen LogP contribution in [0.1, 0.15) is 44.5 Å². The van der Waals surface area contributed by atoms with E-state index in [1.807, 2.05) is 24.7 Å². The second kappa shape index (κ2) is 17.4. The van der Waals surface area contributed by atoms with E-state index in [0.717, 1.165) is 22.4 Å². The van der Waals surface area contributed by atoms with E-state index in [9.17, 15) is 0 Å². The Hall–Kier alpha value is -9.76. The number of nitrogens with zero attached hydrogens (tertiary/aromatic N) is 2. The molecule has 0 aliphatic heterocycles. The minimum Gasteiger partial charge on any atom is -0.264 e. The molecule has 76 heavy (non-hydrogen) atoms. The molecule has 0 bridgehead atoms. The van der Waals surface area contributed by atoms with Crippen LogP contribution in [0.2, 0.25) is 0 Å². The molecule has 2 nitrogen and oxygen atoms in total. The van der Waals surface area contributed by atoms with Crippen LogP contribution in [0, 0.1) is 0 Å². The second-order valence-electron chi connectivity index (χ2n) is 20.3. The molecule has 0 atom stereocenters. The van der Waals surface area contributed by atoms with Gasteiger partial charge in [-0.05, 0) is 141 Å². The maximum absolute atomic E-state index is 5.14. The molecule has 0 amide bonds. The zero-order chi connectivity index (χ0) is 50.2. The van der Waals surface area contributed by atoms with Gasteiger partial charge in [0.05, 0.1) is 16.5 Å². The average molecular weight is 965 g/mol. The Labute approximate surface area is 443 Å². The summed E-state index contributed by atoms with van der Waals surface area (Å²) in [5.41, 5.74) is 23.0. The predicted octanol–water partition coefficient (Wildman–Crippen LogP) is 18.2. The van der Waals surface area contributed by atoms with Crippen LogP contribution in [0.15, 0.2) is 292 Å². The van der Waals surface area contributed by atoms with Gasteiger partial charge in [-0.25, -0.2) is 0 Å². The molecule has 0 unspecified atom stereocenters. The van der Waals surface area contributed by atoms with Gasteiger partial charge in [-0.15, -0.1) is 0 Å². The van der Waals surface area contributed by atoms with Gasteiger partial charge in [0, 0.05) is 35.3 Å². The van der Waals surface area contributed by atoms with Crippen molar-refractivity contribution >= 4 is 21.5 Å². The van der Waals surface area contributed by atoms with Gasteiger partial charge in [-0.1, -0.05) is 243 Å². The van der Waals surface area contributed by atoms with Crippen LogP contribution in [-0.2, 0) is 10.8 Å². The normalized spacial score (nSPS) is 13.5. The lowest BCUT2D eigenvalue weighted by atomic mass is 9.67. The van der Waals surface area contributed by atoms with Gasteiger partial charge in [0.15, 0.2) is 0 Å². The molecule has 354 valence electrons. The summed E-state index contributed by atoms with van der Waals surface area (Å²) in [6, 6.07) is 102. The highest BCUT2D eigenvalue weighted by Gasteiger charge is 2.48. The average Bonchev–Trinajstić information content (AvgIpc) is 4.03. The minimum atomic E-state index is -0.549. The van der Waals surface area contributed by atoms with Gasteiger partial charge in [0.1, 0.15) is 0 Å². The predicted molar refractivity (Wildman–Crippen MR) is 313 cm³/mol. The molecule has 0 saturated carbocycles. The number of hydrogen-bond donors (Lipinski definition) is 0. The Morgan fingerprint density at radius 2 is 0.658 bits per heavy atom. The number of rotatable bonds is 8. The SMILES string of the molecule is c1ccc(C2(c3ccccc3)c3ccccc3-c3ccc(-c4c5ccccc5c(-c5ccc6c(c5)C(c5ccccc5)(c5ccccc5)c5ccccc5-6)c5cc(-c6ccc(-c7cccnc7)cn6)ccc45)cc32)cc1. The summed E-state index contributed by atoms with van der Waals surface area (Å²) in [7, 11) is 0. The lowest BCUT2D eigenvalue weighted by Gasteiger charge is -2.34. The van der Waals surface area contributed by atoms with Crippen LogP contribution >= 0.6 is 0 Å². The molecule has 15 rings (SSSR count).